The standard InChI is InChI=1S/C19H20N2O3S2/c1-12-5-6-15(9-13(12)2)20-19(22)18-11-14-10-16(7-8-17(14)25-18)21(3)26(4,23)24/h5-11H,1-4H3,(H,20,22). The molecule has 0 atom stereocenters. The maximum absolute atomic E-state index is 12.6. The summed E-state index contributed by atoms with van der Waals surface area (Å²) in [6.45, 7) is 4.03. The Morgan fingerprint density at radius 2 is 1.77 bits per heavy atom. The summed E-state index contributed by atoms with van der Waals surface area (Å²) in [4.78, 5) is 13.1. The van der Waals surface area contributed by atoms with Gasteiger partial charge in [-0.3, -0.25) is 9.10 Å². The van der Waals surface area contributed by atoms with Crippen LogP contribution >= 0.6 is 11.3 Å². The minimum atomic E-state index is -3.32. The summed E-state index contributed by atoms with van der Waals surface area (Å²) in [6, 6.07) is 12.9. The van der Waals surface area contributed by atoms with Crippen LogP contribution in [-0.2, 0) is 10.0 Å². The molecule has 5 nitrogen and oxygen atoms in total. The second kappa shape index (κ2) is 6.74. The number of hydrogen-bond acceptors (Lipinski definition) is 4. The first-order valence-electron chi connectivity index (χ1n) is 8.01. The van der Waals surface area contributed by atoms with Crippen LogP contribution in [0.3, 0.4) is 0 Å². The summed E-state index contributed by atoms with van der Waals surface area (Å²) in [6.07, 6.45) is 1.16. The largest absolute Gasteiger partial charge is 0.321 e. The Bertz CT molecular complexity index is 1100. The highest BCUT2D eigenvalue weighted by molar-refractivity contribution is 7.92. The van der Waals surface area contributed by atoms with Gasteiger partial charge in [0.2, 0.25) is 10.0 Å². The summed E-state index contributed by atoms with van der Waals surface area (Å²) in [5.41, 5.74) is 3.62. The molecule has 3 rings (SSSR count). The van der Waals surface area contributed by atoms with Crippen LogP contribution in [-0.4, -0.2) is 27.6 Å². The van der Waals surface area contributed by atoms with E-state index in [1.165, 1.54) is 28.3 Å². The third-order valence-corrected chi connectivity index (χ3v) is 6.67. The summed E-state index contributed by atoms with van der Waals surface area (Å²) in [7, 11) is -1.81. The van der Waals surface area contributed by atoms with E-state index in [4.69, 9.17) is 0 Å². The van der Waals surface area contributed by atoms with Gasteiger partial charge in [-0.25, -0.2) is 8.42 Å². The Kier molecular flexibility index (Phi) is 4.77. The molecule has 0 bridgehead atoms. The molecule has 0 unspecified atom stereocenters. The maximum Gasteiger partial charge on any atom is 0.265 e. The quantitative estimate of drug-likeness (QED) is 0.730. The fourth-order valence-electron chi connectivity index (χ4n) is 2.54. The van der Waals surface area contributed by atoms with Gasteiger partial charge in [0.25, 0.3) is 5.91 Å². The third kappa shape index (κ3) is 3.73. The molecular weight excluding hydrogens is 368 g/mol. The molecule has 1 amide bonds. The number of carbonyl (C=O) groups is 1. The molecule has 0 fully saturated rings. The van der Waals surface area contributed by atoms with Crippen LogP contribution in [0, 0.1) is 13.8 Å². The zero-order valence-corrected chi connectivity index (χ0v) is 16.7. The van der Waals surface area contributed by atoms with Gasteiger partial charge in [0.05, 0.1) is 16.8 Å². The van der Waals surface area contributed by atoms with Crippen LogP contribution in [0.25, 0.3) is 10.1 Å². The van der Waals surface area contributed by atoms with E-state index in [0.717, 1.165) is 27.6 Å². The second-order valence-electron chi connectivity index (χ2n) is 6.32. The fourth-order valence-corrected chi connectivity index (χ4v) is 3.98. The average Bonchev–Trinajstić information content (AvgIpc) is 3.00. The molecule has 0 aliphatic carbocycles. The Morgan fingerprint density at radius 3 is 2.42 bits per heavy atom. The highest BCUT2D eigenvalue weighted by Gasteiger charge is 2.15. The number of anilines is 2. The monoisotopic (exact) mass is 388 g/mol. The minimum Gasteiger partial charge on any atom is -0.321 e. The van der Waals surface area contributed by atoms with Gasteiger partial charge in [0, 0.05) is 17.4 Å². The molecule has 0 aliphatic rings. The lowest BCUT2D eigenvalue weighted by atomic mass is 10.1. The van der Waals surface area contributed by atoms with Gasteiger partial charge in [-0.2, -0.15) is 0 Å². The minimum absolute atomic E-state index is 0.174. The van der Waals surface area contributed by atoms with Gasteiger partial charge < -0.3 is 5.32 Å². The zero-order chi connectivity index (χ0) is 19.1. The lowest BCUT2D eigenvalue weighted by Crippen LogP contribution is -2.24. The number of thiophene rings is 1. The van der Waals surface area contributed by atoms with Crippen molar-refractivity contribution in [3.8, 4) is 0 Å². The molecular formula is C19H20N2O3S2. The number of fused-ring (bicyclic) bond motifs is 1. The van der Waals surface area contributed by atoms with Crippen LogP contribution in [0.1, 0.15) is 20.8 Å². The van der Waals surface area contributed by atoms with Gasteiger partial charge in [0.1, 0.15) is 0 Å². The molecule has 0 radical (unpaired) electrons. The summed E-state index contributed by atoms with van der Waals surface area (Å²) < 4.78 is 25.6. The molecule has 2 aromatic carbocycles. The Morgan fingerprint density at radius 1 is 1.04 bits per heavy atom. The van der Waals surface area contributed by atoms with Crippen molar-refractivity contribution in [1.82, 2.24) is 0 Å². The molecule has 136 valence electrons. The first-order chi connectivity index (χ1) is 12.1. The highest BCUT2D eigenvalue weighted by atomic mass is 32.2. The predicted molar refractivity (Wildman–Crippen MR) is 109 cm³/mol. The van der Waals surface area contributed by atoms with Gasteiger partial charge in [-0.15, -0.1) is 11.3 Å². The number of nitrogens with zero attached hydrogens (tertiary/aromatic N) is 1. The van der Waals surface area contributed by atoms with Crippen molar-refractivity contribution in [2.75, 3.05) is 22.9 Å². The number of aryl methyl sites for hydroxylation is 2. The van der Waals surface area contributed by atoms with Crippen LogP contribution in [0.15, 0.2) is 42.5 Å². The van der Waals surface area contributed by atoms with E-state index in [0.29, 0.717) is 10.6 Å². The van der Waals surface area contributed by atoms with Crippen molar-refractivity contribution in [3.05, 3.63) is 58.5 Å². The number of hydrogen-bond donors (Lipinski definition) is 1. The van der Waals surface area contributed by atoms with Crippen LogP contribution in [0.5, 0.6) is 0 Å². The van der Waals surface area contributed by atoms with E-state index in [-0.39, 0.29) is 5.91 Å². The average molecular weight is 389 g/mol. The van der Waals surface area contributed by atoms with Crippen molar-refractivity contribution in [1.29, 1.82) is 0 Å². The summed E-state index contributed by atoms with van der Waals surface area (Å²) >= 11 is 1.38. The van der Waals surface area contributed by atoms with E-state index in [1.807, 2.05) is 38.1 Å². The lowest BCUT2D eigenvalue weighted by molar-refractivity contribution is 0.103. The number of sulfonamides is 1. The number of benzene rings is 2. The summed E-state index contributed by atoms with van der Waals surface area (Å²) in [5.74, 6) is -0.174. The molecule has 0 saturated heterocycles. The first kappa shape index (κ1) is 18.4. The van der Waals surface area contributed by atoms with Gasteiger partial charge >= 0.3 is 0 Å². The molecule has 0 aliphatic heterocycles. The van der Waals surface area contributed by atoms with Crippen molar-refractivity contribution >= 4 is 48.7 Å². The van der Waals surface area contributed by atoms with Crippen LogP contribution < -0.4 is 9.62 Å². The van der Waals surface area contributed by atoms with Crippen LogP contribution in [0.4, 0.5) is 11.4 Å². The van der Waals surface area contributed by atoms with Crippen LogP contribution in [0.2, 0.25) is 0 Å². The summed E-state index contributed by atoms with van der Waals surface area (Å²) in [5, 5.41) is 3.75. The lowest BCUT2D eigenvalue weighted by Gasteiger charge is -2.16. The number of amides is 1. The molecule has 1 aromatic heterocycles. The van der Waals surface area contributed by atoms with E-state index >= 15 is 0 Å². The molecule has 7 heteroatoms. The van der Waals surface area contributed by atoms with Gasteiger partial charge in [-0.05, 0) is 66.8 Å². The third-order valence-electron chi connectivity index (χ3n) is 4.35. The topological polar surface area (TPSA) is 66.5 Å². The predicted octanol–water partition coefficient (Wildman–Crippen LogP) is 4.17. The number of nitrogens with one attached hydrogen (secondary N) is 1. The molecule has 0 saturated carbocycles. The van der Waals surface area contributed by atoms with E-state index < -0.39 is 10.0 Å². The van der Waals surface area contributed by atoms with E-state index in [9.17, 15) is 13.2 Å². The normalized spacial score (nSPS) is 11.5. The Labute approximate surface area is 157 Å². The van der Waals surface area contributed by atoms with Crippen molar-refractivity contribution in [3.63, 3.8) is 0 Å². The number of carbonyl (C=O) groups excluding carboxylic acids is 1. The van der Waals surface area contributed by atoms with Crippen molar-refractivity contribution in [2.45, 2.75) is 13.8 Å². The highest BCUT2D eigenvalue weighted by Crippen LogP contribution is 2.30. The maximum atomic E-state index is 12.6. The zero-order valence-electron chi connectivity index (χ0n) is 15.0. The van der Waals surface area contributed by atoms with E-state index in [1.54, 1.807) is 18.2 Å². The second-order valence-corrected chi connectivity index (χ2v) is 9.41. The van der Waals surface area contributed by atoms with Gasteiger partial charge in [0.15, 0.2) is 0 Å². The Balaban J connectivity index is 1.88. The molecule has 26 heavy (non-hydrogen) atoms. The molecule has 1 N–H and O–H groups in total. The molecule has 3 aromatic rings. The molecule has 1 heterocycles. The van der Waals surface area contributed by atoms with Crippen molar-refractivity contribution < 1.29 is 13.2 Å². The van der Waals surface area contributed by atoms with E-state index in [2.05, 4.69) is 5.32 Å². The SMILES string of the molecule is Cc1ccc(NC(=O)c2cc3cc(N(C)S(C)(=O)=O)ccc3s2)cc1C. The smallest absolute Gasteiger partial charge is 0.265 e. The number of rotatable bonds is 4. The van der Waals surface area contributed by atoms with Gasteiger partial charge in [-0.1, -0.05) is 6.07 Å². The van der Waals surface area contributed by atoms with Crippen molar-refractivity contribution in [2.24, 2.45) is 0 Å². The molecule has 0 spiro atoms. The first-order valence-corrected chi connectivity index (χ1v) is 10.7. The fraction of sp³-hybridized carbons (Fsp3) is 0.211. The Hall–Kier alpha value is -2.38.